The van der Waals surface area contributed by atoms with E-state index in [-0.39, 0.29) is 5.69 Å². The molecule has 0 amide bonds. The molecule has 1 rings (SSSR count). The predicted molar refractivity (Wildman–Crippen MR) is 70.5 cm³/mol. The fourth-order valence-corrected chi connectivity index (χ4v) is 2.20. The van der Waals surface area contributed by atoms with E-state index in [1.54, 1.807) is 27.9 Å². The van der Waals surface area contributed by atoms with Gasteiger partial charge in [0.15, 0.2) is 0 Å². The molecule has 6 heteroatoms. The van der Waals surface area contributed by atoms with E-state index in [1.807, 2.05) is 0 Å². The number of hydrogen-bond acceptors (Lipinski definition) is 4. The van der Waals surface area contributed by atoms with E-state index in [4.69, 9.17) is 9.84 Å². The molecular weight excluding hydrogens is 248 g/mol. The Morgan fingerprint density at radius 1 is 1.47 bits per heavy atom. The highest BCUT2D eigenvalue weighted by molar-refractivity contribution is 5.76. The molecule has 0 aliphatic rings. The number of carboxylic acid groups (broad SMARTS) is 1. The number of nitrogens with zero attached hydrogens (tertiary/aromatic N) is 2. The van der Waals surface area contributed by atoms with Gasteiger partial charge in [-0.25, -0.2) is 4.79 Å². The van der Waals surface area contributed by atoms with Gasteiger partial charge in [-0.3, -0.25) is 9.36 Å². The maximum absolute atomic E-state index is 11.9. The molecule has 1 heterocycles. The Kier molecular flexibility index (Phi) is 5.23. The SMILES string of the molecule is COCCCn1c(C)c(C(C)C(=O)O)c(C)nc1=O. The molecule has 0 fully saturated rings. The van der Waals surface area contributed by atoms with Crippen molar-refractivity contribution in [1.82, 2.24) is 9.55 Å². The lowest BCUT2D eigenvalue weighted by atomic mass is 9.98. The third kappa shape index (κ3) is 3.41. The number of carboxylic acids is 1. The molecular formula is C13H20N2O4. The Bertz CT molecular complexity index is 522. The van der Waals surface area contributed by atoms with Crippen LogP contribution in [0.4, 0.5) is 0 Å². The first-order valence-electron chi connectivity index (χ1n) is 6.19. The highest BCUT2D eigenvalue weighted by Gasteiger charge is 2.21. The van der Waals surface area contributed by atoms with Crippen LogP contribution in [0.25, 0.3) is 0 Å². The Morgan fingerprint density at radius 2 is 2.11 bits per heavy atom. The minimum Gasteiger partial charge on any atom is -0.481 e. The number of aromatic nitrogens is 2. The van der Waals surface area contributed by atoms with E-state index in [9.17, 15) is 9.59 Å². The third-order valence-corrected chi connectivity index (χ3v) is 3.21. The monoisotopic (exact) mass is 268 g/mol. The first-order chi connectivity index (χ1) is 8.90. The van der Waals surface area contributed by atoms with Crippen LogP contribution in [0.15, 0.2) is 4.79 Å². The van der Waals surface area contributed by atoms with Crippen molar-refractivity contribution in [2.45, 2.75) is 39.7 Å². The highest BCUT2D eigenvalue weighted by atomic mass is 16.5. The van der Waals surface area contributed by atoms with E-state index < -0.39 is 11.9 Å². The molecule has 1 aromatic rings. The lowest BCUT2D eigenvalue weighted by Gasteiger charge is -2.17. The van der Waals surface area contributed by atoms with Crippen molar-refractivity contribution >= 4 is 5.97 Å². The second-order valence-electron chi connectivity index (χ2n) is 4.54. The number of ether oxygens (including phenoxy) is 1. The van der Waals surface area contributed by atoms with Crippen LogP contribution in [0.5, 0.6) is 0 Å². The Balaban J connectivity index is 3.22. The minimum atomic E-state index is -0.921. The number of aliphatic carboxylic acids is 1. The molecule has 1 N–H and O–H groups in total. The van der Waals surface area contributed by atoms with Gasteiger partial charge in [0.25, 0.3) is 0 Å². The van der Waals surface area contributed by atoms with Gasteiger partial charge in [0.1, 0.15) is 0 Å². The van der Waals surface area contributed by atoms with Crippen LogP contribution in [-0.2, 0) is 16.1 Å². The first-order valence-corrected chi connectivity index (χ1v) is 6.19. The second kappa shape index (κ2) is 6.47. The van der Waals surface area contributed by atoms with Gasteiger partial charge in [-0.05, 0) is 27.2 Å². The van der Waals surface area contributed by atoms with Gasteiger partial charge in [0.2, 0.25) is 0 Å². The molecule has 0 spiro atoms. The van der Waals surface area contributed by atoms with Gasteiger partial charge in [-0.1, -0.05) is 0 Å². The fraction of sp³-hybridized carbons (Fsp3) is 0.615. The Hall–Kier alpha value is -1.69. The van der Waals surface area contributed by atoms with E-state index in [0.29, 0.717) is 36.5 Å². The molecule has 0 saturated carbocycles. The summed E-state index contributed by atoms with van der Waals surface area (Å²) in [5, 5.41) is 9.12. The molecule has 0 aliphatic heterocycles. The molecule has 0 saturated heterocycles. The molecule has 1 unspecified atom stereocenters. The quantitative estimate of drug-likeness (QED) is 0.781. The molecule has 0 bridgehead atoms. The van der Waals surface area contributed by atoms with Crippen molar-refractivity contribution in [3.05, 3.63) is 27.4 Å². The lowest BCUT2D eigenvalue weighted by Crippen LogP contribution is -2.29. The number of aryl methyl sites for hydroxylation is 1. The molecule has 106 valence electrons. The van der Waals surface area contributed by atoms with Gasteiger partial charge in [0, 0.05) is 37.2 Å². The Morgan fingerprint density at radius 3 is 2.63 bits per heavy atom. The summed E-state index contributed by atoms with van der Waals surface area (Å²) < 4.78 is 6.47. The van der Waals surface area contributed by atoms with Gasteiger partial charge in [0.05, 0.1) is 5.92 Å². The average Bonchev–Trinajstić information content (AvgIpc) is 2.32. The van der Waals surface area contributed by atoms with Gasteiger partial charge in [-0.15, -0.1) is 0 Å². The summed E-state index contributed by atoms with van der Waals surface area (Å²) in [4.78, 5) is 26.9. The standard InChI is InChI=1S/C13H20N2O4/c1-8(12(16)17)11-9(2)14-13(18)15(10(11)3)6-5-7-19-4/h8H,5-7H2,1-4H3,(H,16,17). The fourth-order valence-electron chi connectivity index (χ4n) is 2.20. The van der Waals surface area contributed by atoms with Gasteiger partial charge in [-0.2, -0.15) is 4.98 Å². The summed E-state index contributed by atoms with van der Waals surface area (Å²) in [6.07, 6.45) is 0.683. The van der Waals surface area contributed by atoms with E-state index in [1.165, 1.54) is 4.57 Å². The molecule has 0 aromatic carbocycles. The third-order valence-electron chi connectivity index (χ3n) is 3.21. The largest absolute Gasteiger partial charge is 0.481 e. The minimum absolute atomic E-state index is 0.340. The first kappa shape index (κ1) is 15.4. The molecule has 1 aromatic heterocycles. The maximum atomic E-state index is 11.9. The number of methoxy groups -OCH3 is 1. The van der Waals surface area contributed by atoms with E-state index in [2.05, 4.69) is 4.98 Å². The lowest BCUT2D eigenvalue weighted by molar-refractivity contribution is -0.138. The summed E-state index contributed by atoms with van der Waals surface area (Å²) in [5.41, 5.74) is 1.43. The Labute approximate surface area is 112 Å². The van der Waals surface area contributed by atoms with E-state index in [0.717, 1.165) is 0 Å². The molecule has 0 radical (unpaired) electrons. The predicted octanol–water partition coefficient (Wildman–Crippen LogP) is 1.08. The number of rotatable bonds is 6. The average molecular weight is 268 g/mol. The van der Waals surface area contributed by atoms with Crippen LogP contribution in [0.1, 0.15) is 36.2 Å². The van der Waals surface area contributed by atoms with Crippen LogP contribution in [-0.4, -0.2) is 34.3 Å². The van der Waals surface area contributed by atoms with Gasteiger partial charge >= 0.3 is 11.7 Å². The summed E-state index contributed by atoms with van der Waals surface area (Å²) in [5.74, 6) is -1.60. The topological polar surface area (TPSA) is 81.4 Å². The normalized spacial score (nSPS) is 12.4. The van der Waals surface area contributed by atoms with Crippen molar-refractivity contribution in [2.24, 2.45) is 0 Å². The summed E-state index contributed by atoms with van der Waals surface area (Å²) in [6.45, 7) is 6.05. The van der Waals surface area contributed by atoms with Crippen LogP contribution in [0.2, 0.25) is 0 Å². The second-order valence-corrected chi connectivity index (χ2v) is 4.54. The van der Waals surface area contributed by atoms with Crippen LogP contribution in [0, 0.1) is 13.8 Å². The molecule has 6 nitrogen and oxygen atoms in total. The van der Waals surface area contributed by atoms with Gasteiger partial charge < -0.3 is 9.84 Å². The zero-order chi connectivity index (χ0) is 14.6. The van der Waals surface area contributed by atoms with Crippen molar-refractivity contribution in [3.8, 4) is 0 Å². The summed E-state index contributed by atoms with van der Waals surface area (Å²) in [6, 6.07) is 0. The molecule has 0 aliphatic carbocycles. The van der Waals surface area contributed by atoms with Crippen LogP contribution < -0.4 is 5.69 Å². The maximum Gasteiger partial charge on any atom is 0.347 e. The zero-order valence-electron chi connectivity index (χ0n) is 11.8. The molecule has 1 atom stereocenters. The van der Waals surface area contributed by atoms with Crippen molar-refractivity contribution < 1.29 is 14.6 Å². The summed E-state index contributed by atoms with van der Waals surface area (Å²) in [7, 11) is 1.60. The van der Waals surface area contributed by atoms with Crippen molar-refractivity contribution in [2.75, 3.05) is 13.7 Å². The van der Waals surface area contributed by atoms with Crippen molar-refractivity contribution in [1.29, 1.82) is 0 Å². The van der Waals surface area contributed by atoms with E-state index >= 15 is 0 Å². The number of hydrogen-bond donors (Lipinski definition) is 1. The summed E-state index contributed by atoms with van der Waals surface area (Å²) >= 11 is 0. The number of carbonyl (C=O) groups is 1. The zero-order valence-corrected chi connectivity index (χ0v) is 11.8. The van der Waals surface area contributed by atoms with Crippen LogP contribution >= 0.6 is 0 Å². The smallest absolute Gasteiger partial charge is 0.347 e. The van der Waals surface area contributed by atoms with Crippen molar-refractivity contribution in [3.63, 3.8) is 0 Å². The highest BCUT2D eigenvalue weighted by Crippen LogP contribution is 2.21. The molecule has 19 heavy (non-hydrogen) atoms. The van der Waals surface area contributed by atoms with Crippen LogP contribution in [0.3, 0.4) is 0 Å².